The molecule has 0 aliphatic rings. The first kappa shape index (κ1) is 10.2. The molecule has 0 aliphatic heterocycles. The van der Waals surface area contributed by atoms with E-state index in [-0.39, 0.29) is 6.42 Å². The zero-order chi connectivity index (χ0) is 9.84. The van der Waals surface area contributed by atoms with E-state index in [1.807, 2.05) is 18.4 Å². The summed E-state index contributed by atoms with van der Waals surface area (Å²) in [5.41, 5.74) is 1.10. The second-order valence-corrected chi connectivity index (χ2v) is 3.77. The van der Waals surface area contributed by atoms with E-state index in [0.29, 0.717) is 0 Å². The zero-order valence-corrected chi connectivity index (χ0v) is 8.43. The molecule has 1 aromatic rings. The highest BCUT2D eigenvalue weighted by Crippen LogP contribution is 2.24. The number of methoxy groups -OCH3 is 1. The first-order valence-electron chi connectivity index (χ1n) is 3.93. The van der Waals surface area contributed by atoms with Crippen molar-refractivity contribution in [1.82, 2.24) is 0 Å². The van der Waals surface area contributed by atoms with E-state index in [9.17, 15) is 9.90 Å². The van der Waals surface area contributed by atoms with Crippen molar-refractivity contribution in [3.63, 3.8) is 0 Å². The number of rotatable bonds is 3. The number of aliphatic hydroxyl groups excluding tert-OH is 1. The molecule has 1 atom stereocenters. The highest BCUT2D eigenvalue weighted by Gasteiger charge is 2.14. The van der Waals surface area contributed by atoms with Crippen LogP contribution < -0.4 is 0 Å². The summed E-state index contributed by atoms with van der Waals surface area (Å²) < 4.78 is 4.45. The fourth-order valence-electron chi connectivity index (χ4n) is 0.970. The predicted molar refractivity (Wildman–Crippen MR) is 50.6 cm³/mol. The van der Waals surface area contributed by atoms with Crippen LogP contribution in [0.15, 0.2) is 11.4 Å². The van der Waals surface area contributed by atoms with E-state index >= 15 is 0 Å². The van der Waals surface area contributed by atoms with Gasteiger partial charge in [0.05, 0.1) is 19.6 Å². The Morgan fingerprint density at radius 2 is 2.46 bits per heavy atom. The molecule has 0 bridgehead atoms. The summed E-state index contributed by atoms with van der Waals surface area (Å²) in [5.74, 6) is -0.390. The zero-order valence-electron chi connectivity index (χ0n) is 7.61. The number of ether oxygens (including phenoxy) is 1. The predicted octanol–water partition coefficient (Wildman–Crippen LogP) is 1.65. The van der Waals surface area contributed by atoms with Gasteiger partial charge in [0.1, 0.15) is 0 Å². The number of aliphatic hydroxyl groups is 1. The van der Waals surface area contributed by atoms with E-state index in [0.717, 1.165) is 10.4 Å². The number of thiophene rings is 1. The third kappa shape index (κ3) is 2.82. The van der Waals surface area contributed by atoms with Gasteiger partial charge in [0, 0.05) is 4.88 Å². The van der Waals surface area contributed by atoms with Gasteiger partial charge in [-0.15, -0.1) is 11.3 Å². The van der Waals surface area contributed by atoms with Gasteiger partial charge in [0.25, 0.3) is 0 Å². The van der Waals surface area contributed by atoms with Crippen molar-refractivity contribution >= 4 is 17.3 Å². The normalized spacial score (nSPS) is 12.5. The largest absolute Gasteiger partial charge is 0.469 e. The summed E-state index contributed by atoms with van der Waals surface area (Å²) in [7, 11) is 1.31. The lowest BCUT2D eigenvalue weighted by Crippen LogP contribution is -2.06. The summed E-state index contributed by atoms with van der Waals surface area (Å²) in [5, 5.41) is 11.5. The third-order valence-corrected chi connectivity index (χ3v) is 2.82. The van der Waals surface area contributed by atoms with Crippen molar-refractivity contribution in [3.8, 4) is 0 Å². The topological polar surface area (TPSA) is 46.5 Å². The van der Waals surface area contributed by atoms with Crippen molar-refractivity contribution in [1.29, 1.82) is 0 Å². The average molecular weight is 200 g/mol. The lowest BCUT2D eigenvalue weighted by Gasteiger charge is -2.05. The Labute approximate surface area is 81.0 Å². The van der Waals surface area contributed by atoms with Crippen LogP contribution in [-0.4, -0.2) is 18.2 Å². The third-order valence-electron chi connectivity index (χ3n) is 1.67. The molecule has 0 aliphatic carbocycles. The number of hydrogen-bond acceptors (Lipinski definition) is 4. The monoisotopic (exact) mass is 200 g/mol. The standard InChI is InChI=1S/C9H12O3S/c1-6-3-8(13-5-6)7(10)4-9(11)12-2/h3,5,7,10H,4H2,1-2H3. The van der Waals surface area contributed by atoms with Gasteiger partial charge in [-0.25, -0.2) is 0 Å². The molecule has 13 heavy (non-hydrogen) atoms. The summed E-state index contributed by atoms with van der Waals surface area (Å²) in [6.45, 7) is 1.95. The van der Waals surface area contributed by atoms with Gasteiger partial charge >= 0.3 is 5.97 Å². The van der Waals surface area contributed by atoms with Gasteiger partial charge in [-0.2, -0.15) is 0 Å². The maximum atomic E-state index is 10.8. The molecule has 0 fully saturated rings. The van der Waals surface area contributed by atoms with Crippen molar-refractivity contribution < 1.29 is 14.6 Å². The molecule has 0 amide bonds. The summed E-state index contributed by atoms with van der Waals surface area (Å²) in [6, 6.07) is 1.87. The molecule has 1 heterocycles. The Morgan fingerprint density at radius 3 is 2.92 bits per heavy atom. The smallest absolute Gasteiger partial charge is 0.308 e. The molecule has 4 heteroatoms. The Morgan fingerprint density at radius 1 is 1.77 bits per heavy atom. The fraction of sp³-hybridized carbons (Fsp3) is 0.444. The molecular formula is C9H12O3S. The lowest BCUT2D eigenvalue weighted by atomic mass is 10.2. The fourth-order valence-corrected chi connectivity index (χ4v) is 1.85. The van der Waals surface area contributed by atoms with Crippen LogP contribution >= 0.6 is 11.3 Å². The van der Waals surface area contributed by atoms with E-state index in [4.69, 9.17) is 0 Å². The van der Waals surface area contributed by atoms with E-state index in [1.54, 1.807) is 0 Å². The number of hydrogen-bond donors (Lipinski definition) is 1. The maximum absolute atomic E-state index is 10.8. The molecule has 0 saturated heterocycles. The maximum Gasteiger partial charge on any atom is 0.308 e. The van der Waals surface area contributed by atoms with Gasteiger partial charge in [-0.05, 0) is 23.9 Å². The van der Waals surface area contributed by atoms with Crippen molar-refractivity contribution in [2.45, 2.75) is 19.4 Å². The Hall–Kier alpha value is -0.870. The van der Waals surface area contributed by atoms with Gasteiger partial charge in [0.15, 0.2) is 0 Å². The van der Waals surface area contributed by atoms with Crippen LogP contribution in [0.2, 0.25) is 0 Å². The van der Waals surface area contributed by atoms with Crippen molar-refractivity contribution in [2.75, 3.05) is 7.11 Å². The average Bonchev–Trinajstić information content (AvgIpc) is 2.51. The van der Waals surface area contributed by atoms with Crippen molar-refractivity contribution in [2.24, 2.45) is 0 Å². The second kappa shape index (κ2) is 4.39. The van der Waals surface area contributed by atoms with Gasteiger partial charge in [-0.3, -0.25) is 4.79 Å². The second-order valence-electron chi connectivity index (χ2n) is 2.82. The lowest BCUT2D eigenvalue weighted by molar-refractivity contribution is -0.142. The molecule has 1 N–H and O–H groups in total. The summed E-state index contributed by atoms with van der Waals surface area (Å²) in [4.78, 5) is 11.6. The number of aryl methyl sites for hydroxylation is 1. The van der Waals surface area contributed by atoms with Crippen LogP contribution in [0, 0.1) is 6.92 Å². The van der Waals surface area contributed by atoms with Crippen LogP contribution in [0.3, 0.4) is 0 Å². The Kier molecular flexibility index (Phi) is 3.45. The number of carbonyl (C=O) groups excluding carboxylic acids is 1. The minimum atomic E-state index is -0.730. The van der Waals surface area contributed by atoms with Crippen LogP contribution in [0.1, 0.15) is 23.0 Å². The molecular weight excluding hydrogens is 188 g/mol. The summed E-state index contributed by atoms with van der Waals surface area (Å²) in [6.07, 6.45) is -0.706. The molecule has 0 saturated carbocycles. The van der Waals surface area contributed by atoms with Crippen LogP contribution in [0.25, 0.3) is 0 Å². The highest BCUT2D eigenvalue weighted by molar-refractivity contribution is 7.10. The molecule has 1 rings (SSSR count). The van der Waals surface area contributed by atoms with Crippen molar-refractivity contribution in [3.05, 3.63) is 21.9 Å². The van der Waals surface area contributed by atoms with E-state index in [1.165, 1.54) is 18.4 Å². The van der Waals surface area contributed by atoms with E-state index in [2.05, 4.69) is 4.74 Å². The number of esters is 1. The molecule has 1 unspecified atom stereocenters. The first-order chi connectivity index (χ1) is 6.13. The minimum Gasteiger partial charge on any atom is -0.469 e. The molecule has 0 aromatic carbocycles. The van der Waals surface area contributed by atoms with E-state index < -0.39 is 12.1 Å². The van der Waals surface area contributed by atoms with Gasteiger partial charge in [0.2, 0.25) is 0 Å². The van der Waals surface area contributed by atoms with Gasteiger partial charge in [-0.1, -0.05) is 0 Å². The molecule has 72 valence electrons. The Bertz CT molecular complexity index is 293. The highest BCUT2D eigenvalue weighted by atomic mass is 32.1. The van der Waals surface area contributed by atoms with Crippen LogP contribution in [0.5, 0.6) is 0 Å². The number of carbonyl (C=O) groups is 1. The first-order valence-corrected chi connectivity index (χ1v) is 4.81. The summed E-state index contributed by atoms with van der Waals surface area (Å²) >= 11 is 1.45. The molecule has 3 nitrogen and oxygen atoms in total. The molecule has 0 radical (unpaired) electrons. The quantitative estimate of drug-likeness (QED) is 0.755. The van der Waals surface area contributed by atoms with Crippen LogP contribution in [-0.2, 0) is 9.53 Å². The SMILES string of the molecule is COC(=O)CC(O)c1cc(C)cs1. The molecule has 1 aromatic heterocycles. The molecule has 0 spiro atoms. The minimum absolute atomic E-state index is 0.0243. The Balaban J connectivity index is 2.58. The van der Waals surface area contributed by atoms with Crippen LogP contribution in [0.4, 0.5) is 0 Å². The van der Waals surface area contributed by atoms with Gasteiger partial charge < -0.3 is 9.84 Å².